The Morgan fingerprint density at radius 3 is 2.60 bits per heavy atom. The van der Waals surface area contributed by atoms with Gasteiger partial charge in [-0.15, -0.1) is 10.2 Å². The minimum Gasteiger partial charge on any atom is -0.270 e. The maximum absolute atomic E-state index is 12.9. The highest BCUT2D eigenvalue weighted by Crippen LogP contribution is 2.30. The first-order valence-electron chi connectivity index (χ1n) is 11.0. The van der Waals surface area contributed by atoms with Gasteiger partial charge in [0.05, 0.1) is 21.6 Å². The zero-order valence-corrected chi connectivity index (χ0v) is 20.7. The van der Waals surface area contributed by atoms with Gasteiger partial charge in [0.1, 0.15) is 0 Å². The van der Waals surface area contributed by atoms with Crippen LogP contribution in [0.15, 0.2) is 83.0 Å². The molecule has 7 nitrogen and oxygen atoms in total. The van der Waals surface area contributed by atoms with E-state index in [1.165, 1.54) is 34.2 Å². The van der Waals surface area contributed by atoms with E-state index in [1.54, 1.807) is 22.9 Å². The molecule has 0 aliphatic heterocycles. The summed E-state index contributed by atoms with van der Waals surface area (Å²) in [6, 6.07) is 19.6. The number of rotatable bonds is 5. The summed E-state index contributed by atoms with van der Waals surface area (Å²) in [5.41, 5.74) is 5.87. The Kier molecular flexibility index (Phi) is 5.43. The lowest BCUT2D eigenvalue weighted by atomic mass is 10.1. The van der Waals surface area contributed by atoms with Gasteiger partial charge < -0.3 is 0 Å². The van der Waals surface area contributed by atoms with E-state index in [9.17, 15) is 4.79 Å². The molecule has 0 aliphatic rings. The largest absolute Gasteiger partial charge is 0.270 e. The Morgan fingerprint density at radius 2 is 1.77 bits per heavy atom. The molecule has 0 saturated heterocycles. The van der Waals surface area contributed by atoms with E-state index >= 15 is 0 Å². The lowest BCUT2D eigenvalue weighted by molar-refractivity contribution is 0.883. The number of nitrogens with zero attached hydrogens (tertiary/aromatic N) is 6. The van der Waals surface area contributed by atoms with Crippen molar-refractivity contribution >= 4 is 38.3 Å². The SMILES string of the molecule is Cc1ccc(-n2c(SCc3cc(=O)n4c(n3)sc3ccccc34)nnc2-c2ccncc2)cc1C. The van der Waals surface area contributed by atoms with E-state index in [0.717, 1.165) is 32.4 Å². The predicted octanol–water partition coefficient (Wildman–Crippen LogP) is 5.46. The summed E-state index contributed by atoms with van der Waals surface area (Å²) in [7, 11) is 0. The highest BCUT2D eigenvalue weighted by Gasteiger charge is 2.18. The maximum Gasteiger partial charge on any atom is 0.259 e. The Morgan fingerprint density at radius 1 is 0.943 bits per heavy atom. The van der Waals surface area contributed by atoms with E-state index in [1.807, 2.05) is 36.4 Å². The van der Waals surface area contributed by atoms with Gasteiger partial charge in [0.15, 0.2) is 15.9 Å². The fourth-order valence-electron chi connectivity index (χ4n) is 3.98. The average Bonchev–Trinajstić information content (AvgIpc) is 3.46. The number of fused-ring (bicyclic) bond motifs is 3. The van der Waals surface area contributed by atoms with Crippen molar-refractivity contribution in [3.63, 3.8) is 0 Å². The molecule has 0 saturated carbocycles. The Labute approximate surface area is 209 Å². The Hall–Kier alpha value is -3.82. The molecule has 35 heavy (non-hydrogen) atoms. The van der Waals surface area contributed by atoms with Crippen LogP contribution in [0.25, 0.3) is 32.3 Å². The molecule has 0 unspecified atom stereocenters. The second kappa shape index (κ2) is 8.75. The number of para-hydroxylation sites is 1. The van der Waals surface area contributed by atoms with Crippen LogP contribution in [-0.2, 0) is 5.75 Å². The highest BCUT2D eigenvalue weighted by molar-refractivity contribution is 7.98. The van der Waals surface area contributed by atoms with E-state index in [0.29, 0.717) is 16.4 Å². The van der Waals surface area contributed by atoms with Gasteiger partial charge in [-0.2, -0.15) is 0 Å². The van der Waals surface area contributed by atoms with E-state index < -0.39 is 0 Å². The Bertz CT molecular complexity index is 1750. The summed E-state index contributed by atoms with van der Waals surface area (Å²) >= 11 is 3.03. The third kappa shape index (κ3) is 3.92. The van der Waals surface area contributed by atoms with Crippen LogP contribution in [0.1, 0.15) is 16.8 Å². The summed E-state index contributed by atoms with van der Waals surface area (Å²) in [4.78, 5) is 22.5. The lowest BCUT2D eigenvalue weighted by Crippen LogP contribution is -2.13. The maximum atomic E-state index is 12.9. The summed E-state index contributed by atoms with van der Waals surface area (Å²) in [5, 5.41) is 9.74. The first-order valence-corrected chi connectivity index (χ1v) is 12.9. The molecule has 0 amide bonds. The molecule has 2 aromatic carbocycles. The van der Waals surface area contributed by atoms with E-state index in [4.69, 9.17) is 4.98 Å². The zero-order valence-electron chi connectivity index (χ0n) is 19.0. The molecular weight excluding hydrogens is 476 g/mol. The minimum atomic E-state index is -0.0730. The fraction of sp³-hybridized carbons (Fsp3) is 0.115. The van der Waals surface area contributed by atoms with E-state index in [-0.39, 0.29) is 5.56 Å². The van der Waals surface area contributed by atoms with Gasteiger partial charge in [0.2, 0.25) is 0 Å². The van der Waals surface area contributed by atoms with Crippen LogP contribution < -0.4 is 5.56 Å². The van der Waals surface area contributed by atoms with Crippen LogP contribution >= 0.6 is 23.1 Å². The monoisotopic (exact) mass is 496 g/mol. The van der Waals surface area contributed by atoms with Crippen LogP contribution in [0.5, 0.6) is 0 Å². The predicted molar refractivity (Wildman–Crippen MR) is 140 cm³/mol. The smallest absolute Gasteiger partial charge is 0.259 e. The molecule has 6 rings (SSSR count). The third-order valence-corrected chi connectivity index (χ3v) is 7.90. The summed E-state index contributed by atoms with van der Waals surface area (Å²) < 4.78 is 4.77. The van der Waals surface area contributed by atoms with Crippen molar-refractivity contribution in [2.45, 2.75) is 24.8 Å². The number of aryl methyl sites for hydroxylation is 2. The van der Waals surface area contributed by atoms with Gasteiger partial charge in [-0.3, -0.25) is 18.7 Å². The molecule has 9 heteroatoms. The molecule has 0 fully saturated rings. The van der Waals surface area contributed by atoms with Gasteiger partial charge >= 0.3 is 0 Å². The topological polar surface area (TPSA) is 78.0 Å². The molecule has 0 N–H and O–H groups in total. The van der Waals surface area contributed by atoms with Crippen molar-refractivity contribution in [1.82, 2.24) is 29.1 Å². The first-order chi connectivity index (χ1) is 17.1. The Balaban J connectivity index is 1.40. The number of aromatic nitrogens is 6. The number of hydrogen-bond acceptors (Lipinski definition) is 7. The number of hydrogen-bond donors (Lipinski definition) is 0. The van der Waals surface area contributed by atoms with Gasteiger partial charge in [0.25, 0.3) is 5.56 Å². The molecule has 4 aromatic heterocycles. The lowest BCUT2D eigenvalue weighted by Gasteiger charge is -2.12. The van der Waals surface area contributed by atoms with Crippen molar-refractivity contribution in [3.8, 4) is 17.1 Å². The summed E-state index contributed by atoms with van der Waals surface area (Å²) in [5.74, 6) is 1.24. The van der Waals surface area contributed by atoms with Crippen molar-refractivity contribution in [2.75, 3.05) is 0 Å². The van der Waals surface area contributed by atoms with Crippen LogP contribution in [0.4, 0.5) is 0 Å². The quantitative estimate of drug-likeness (QED) is 0.295. The molecule has 172 valence electrons. The van der Waals surface area contributed by atoms with Crippen molar-refractivity contribution < 1.29 is 0 Å². The fourth-order valence-corrected chi connectivity index (χ4v) is 5.88. The van der Waals surface area contributed by atoms with Crippen LogP contribution in [0.3, 0.4) is 0 Å². The van der Waals surface area contributed by atoms with Crippen LogP contribution in [-0.4, -0.2) is 29.1 Å². The number of benzene rings is 2. The molecule has 0 aliphatic carbocycles. The standard InChI is InChI=1S/C26H20N6OS2/c1-16-7-8-20(13-17(16)2)31-24(18-9-11-27-12-10-18)29-30-26(31)34-15-19-14-23(33)32-21-5-3-4-6-22(21)35-25(32)28-19/h3-14H,15H2,1-2H3. The summed E-state index contributed by atoms with van der Waals surface area (Å²) in [6.45, 7) is 4.19. The van der Waals surface area contributed by atoms with Gasteiger partial charge in [-0.1, -0.05) is 41.3 Å². The molecule has 0 atom stereocenters. The second-order valence-corrected chi connectivity index (χ2v) is 10.2. The zero-order chi connectivity index (χ0) is 23.9. The highest BCUT2D eigenvalue weighted by atomic mass is 32.2. The second-order valence-electron chi connectivity index (χ2n) is 8.21. The van der Waals surface area contributed by atoms with Crippen LogP contribution in [0, 0.1) is 13.8 Å². The number of pyridine rings is 1. The van der Waals surface area contributed by atoms with Gasteiger partial charge in [-0.25, -0.2) is 4.98 Å². The molecule has 4 heterocycles. The van der Waals surface area contributed by atoms with E-state index in [2.05, 4.69) is 51.8 Å². The minimum absolute atomic E-state index is 0.0730. The molecule has 6 aromatic rings. The van der Waals surface area contributed by atoms with Gasteiger partial charge in [0, 0.05) is 29.8 Å². The molecule has 0 spiro atoms. The third-order valence-electron chi connectivity index (χ3n) is 5.92. The molecular formula is C26H20N6OS2. The molecule has 0 radical (unpaired) electrons. The van der Waals surface area contributed by atoms with Crippen LogP contribution in [0.2, 0.25) is 0 Å². The molecule has 0 bridgehead atoms. The van der Waals surface area contributed by atoms with Crippen molar-refractivity contribution in [3.05, 3.63) is 100 Å². The van der Waals surface area contributed by atoms with Gasteiger partial charge in [-0.05, 0) is 61.4 Å². The number of thiazole rings is 1. The first kappa shape index (κ1) is 21.7. The number of thioether (sulfide) groups is 1. The average molecular weight is 497 g/mol. The van der Waals surface area contributed by atoms with Crippen molar-refractivity contribution in [2.24, 2.45) is 0 Å². The summed E-state index contributed by atoms with van der Waals surface area (Å²) in [6.07, 6.45) is 3.50. The van der Waals surface area contributed by atoms with Crippen molar-refractivity contribution in [1.29, 1.82) is 0 Å². The normalized spacial score (nSPS) is 11.5.